The van der Waals surface area contributed by atoms with E-state index in [9.17, 15) is 9.90 Å². The fourth-order valence-electron chi connectivity index (χ4n) is 3.19. The monoisotopic (exact) mass is 321 g/mol. The van der Waals surface area contributed by atoms with Crippen LogP contribution in [0.2, 0.25) is 0 Å². The van der Waals surface area contributed by atoms with Crippen molar-refractivity contribution in [2.24, 2.45) is 17.6 Å². The highest BCUT2D eigenvalue weighted by atomic mass is 16.5. The SMILES string of the molecule is CN(C)C[C@@H]1CN(Cc2cccc(OCC(N)=O)c2)C[C@@H]1CO. The summed E-state index contributed by atoms with van der Waals surface area (Å²) in [7, 11) is 4.13. The summed E-state index contributed by atoms with van der Waals surface area (Å²) >= 11 is 0. The summed E-state index contributed by atoms with van der Waals surface area (Å²) in [4.78, 5) is 15.3. The molecule has 1 aliphatic heterocycles. The molecule has 1 aromatic carbocycles. The van der Waals surface area contributed by atoms with E-state index in [0.29, 0.717) is 17.6 Å². The average Bonchev–Trinajstić information content (AvgIpc) is 2.86. The number of carbonyl (C=O) groups is 1. The predicted octanol–water partition coefficient (Wildman–Crippen LogP) is 0.153. The highest BCUT2D eigenvalue weighted by Gasteiger charge is 2.32. The maximum atomic E-state index is 10.8. The molecule has 2 atom stereocenters. The Morgan fingerprint density at radius 3 is 2.78 bits per heavy atom. The van der Waals surface area contributed by atoms with Gasteiger partial charge in [0, 0.05) is 32.8 Å². The molecule has 0 spiro atoms. The van der Waals surface area contributed by atoms with Crippen LogP contribution in [-0.4, -0.2) is 67.8 Å². The third-order valence-electron chi connectivity index (χ3n) is 4.17. The Kier molecular flexibility index (Phi) is 6.38. The Bertz CT molecular complexity index is 522. The Morgan fingerprint density at radius 2 is 2.13 bits per heavy atom. The first kappa shape index (κ1) is 17.7. The molecule has 6 heteroatoms. The van der Waals surface area contributed by atoms with Gasteiger partial charge in [-0.3, -0.25) is 9.69 Å². The van der Waals surface area contributed by atoms with Crippen LogP contribution in [-0.2, 0) is 11.3 Å². The molecule has 0 radical (unpaired) electrons. The molecule has 0 unspecified atom stereocenters. The lowest BCUT2D eigenvalue weighted by Gasteiger charge is -2.20. The molecule has 1 heterocycles. The van der Waals surface area contributed by atoms with Gasteiger partial charge in [-0.15, -0.1) is 0 Å². The van der Waals surface area contributed by atoms with Crippen LogP contribution in [0.15, 0.2) is 24.3 Å². The van der Waals surface area contributed by atoms with Gasteiger partial charge in [-0.05, 0) is 43.6 Å². The summed E-state index contributed by atoms with van der Waals surface area (Å²) in [6.07, 6.45) is 0. The Morgan fingerprint density at radius 1 is 1.39 bits per heavy atom. The zero-order chi connectivity index (χ0) is 16.8. The number of nitrogens with zero attached hydrogens (tertiary/aromatic N) is 2. The van der Waals surface area contributed by atoms with Crippen molar-refractivity contribution in [2.75, 3.05) is 46.9 Å². The van der Waals surface area contributed by atoms with Crippen molar-refractivity contribution in [1.82, 2.24) is 9.80 Å². The molecule has 6 nitrogen and oxygen atoms in total. The predicted molar refractivity (Wildman–Crippen MR) is 89.0 cm³/mol. The number of rotatable bonds is 8. The van der Waals surface area contributed by atoms with Gasteiger partial charge in [0.25, 0.3) is 5.91 Å². The Balaban J connectivity index is 1.94. The normalized spacial score (nSPS) is 21.7. The highest BCUT2D eigenvalue weighted by molar-refractivity contribution is 5.75. The number of carbonyl (C=O) groups excluding carboxylic acids is 1. The zero-order valence-corrected chi connectivity index (χ0v) is 13.9. The van der Waals surface area contributed by atoms with E-state index in [1.165, 1.54) is 0 Å². The van der Waals surface area contributed by atoms with Crippen molar-refractivity contribution < 1.29 is 14.6 Å². The summed E-state index contributed by atoms with van der Waals surface area (Å²) in [5.41, 5.74) is 6.23. The number of hydrogen-bond donors (Lipinski definition) is 2. The second-order valence-corrected chi connectivity index (χ2v) is 6.56. The number of amides is 1. The third-order valence-corrected chi connectivity index (χ3v) is 4.17. The van der Waals surface area contributed by atoms with Gasteiger partial charge in [0.1, 0.15) is 5.75 Å². The molecule has 1 fully saturated rings. The fraction of sp³-hybridized carbons (Fsp3) is 0.588. The van der Waals surface area contributed by atoms with Gasteiger partial charge in [0.05, 0.1) is 0 Å². The first-order valence-electron chi connectivity index (χ1n) is 7.96. The molecule has 0 saturated carbocycles. The van der Waals surface area contributed by atoms with Crippen molar-refractivity contribution in [3.63, 3.8) is 0 Å². The lowest BCUT2D eigenvalue weighted by molar-refractivity contribution is -0.119. The number of likely N-dealkylation sites (tertiary alicyclic amines) is 1. The van der Waals surface area contributed by atoms with Crippen LogP contribution < -0.4 is 10.5 Å². The number of aliphatic hydroxyl groups excluding tert-OH is 1. The second-order valence-electron chi connectivity index (χ2n) is 6.56. The van der Waals surface area contributed by atoms with Crippen molar-refractivity contribution >= 4 is 5.91 Å². The zero-order valence-electron chi connectivity index (χ0n) is 13.9. The van der Waals surface area contributed by atoms with Crippen LogP contribution in [0, 0.1) is 11.8 Å². The molecule has 3 N–H and O–H groups in total. The number of aliphatic hydroxyl groups is 1. The number of hydrogen-bond acceptors (Lipinski definition) is 5. The van der Waals surface area contributed by atoms with Gasteiger partial charge in [0.15, 0.2) is 6.61 Å². The molecule has 1 aliphatic rings. The standard InChI is InChI=1S/C17H27N3O3/c1-19(2)8-14-9-20(10-15(14)11-21)7-13-4-3-5-16(6-13)23-12-17(18)22/h3-6,14-15,21H,7-12H2,1-2H3,(H2,18,22)/t14-,15-/m1/s1. The molecule has 128 valence electrons. The Hall–Kier alpha value is -1.63. The number of benzene rings is 1. The number of nitrogens with two attached hydrogens (primary N) is 1. The molecule has 1 aromatic rings. The largest absolute Gasteiger partial charge is 0.484 e. The van der Waals surface area contributed by atoms with Crippen LogP contribution in [0.4, 0.5) is 0 Å². The summed E-state index contributed by atoms with van der Waals surface area (Å²) < 4.78 is 5.35. The molecule has 0 aliphatic carbocycles. The van der Waals surface area contributed by atoms with E-state index >= 15 is 0 Å². The van der Waals surface area contributed by atoms with Crippen molar-refractivity contribution in [3.8, 4) is 5.75 Å². The molecule has 1 saturated heterocycles. The van der Waals surface area contributed by atoms with Crippen molar-refractivity contribution in [1.29, 1.82) is 0 Å². The molecular formula is C17H27N3O3. The van der Waals surface area contributed by atoms with Crippen molar-refractivity contribution in [3.05, 3.63) is 29.8 Å². The summed E-state index contributed by atoms with van der Waals surface area (Å²) in [6.45, 7) is 3.82. The molecule has 23 heavy (non-hydrogen) atoms. The smallest absolute Gasteiger partial charge is 0.255 e. The maximum absolute atomic E-state index is 10.8. The van der Waals surface area contributed by atoms with E-state index in [-0.39, 0.29) is 13.2 Å². The van der Waals surface area contributed by atoms with E-state index in [4.69, 9.17) is 10.5 Å². The van der Waals surface area contributed by atoms with Crippen LogP contribution >= 0.6 is 0 Å². The second kappa shape index (κ2) is 8.29. The maximum Gasteiger partial charge on any atom is 0.255 e. The summed E-state index contributed by atoms with van der Waals surface area (Å²) in [5, 5.41) is 9.59. The van der Waals surface area contributed by atoms with Gasteiger partial charge in [0.2, 0.25) is 0 Å². The van der Waals surface area contributed by atoms with E-state index in [1.54, 1.807) is 0 Å². The minimum Gasteiger partial charge on any atom is -0.484 e. The van der Waals surface area contributed by atoms with E-state index in [0.717, 1.165) is 31.7 Å². The topological polar surface area (TPSA) is 79.0 Å². The summed E-state index contributed by atoms with van der Waals surface area (Å²) in [5.74, 6) is 0.993. The fourth-order valence-corrected chi connectivity index (χ4v) is 3.19. The lowest BCUT2D eigenvalue weighted by Crippen LogP contribution is -2.28. The van der Waals surface area contributed by atoms with E-state index in [2.05, 4.69) is 23.9 Å². The first-order valence-corrected chi connectivity index (χ1v) is 7.96. The molecule has 1 amide bonds. The lowest BCUT2D eigenvalue weighted by atomic mass is 9.97. The van der Waals surface area contributed by atoms with Gasteiger partial charge in [-0.2, -0.15) is 0 Å². The third kappa shape index (κ3) is 5.49. The van der Waals surface area contributed by atoms with Crippen LogP contribution in [0.1, 0.15) is 5.56 Å². The number of ether oxygens (including phenoxy) is 1. The molecule has 0 aromatic heterocycles. The van der Waals surface area contributed by atoms with Gasteiger partial charge >= 0.3 is 0 Å². The molecule has 2 rings (SSSR count). The van der Waals surface area contributed by atoms with Gasteiger partial charge in [-0.1, -0.05) is 12.1 Å². The quantitative estimate of drug-likeness (QED) is 0.713. The highest BCUT2D eigenvalue weighted by Crippen LogP contribution is 2.26. The van der Waals surface area contributed by atoms with E-state index < -0.39 is 5.91 Å². The molecule has 0 bridgehead atoms. The van der Waals surface area contributed by atoms with E-state index in [1.807, 2.05) is 24.3 Å². The average molecular weight is 321 g/mol. The van der Waals surface area contributed by atoms with Gasteiger partial charge in [-0.25, -0.2) is 0 Å². The van der Waals surface area contributed by atoms with Crippen LogP contribution in [0.3, 0.4) is 0 Å². The van der Waals surface area contributed by atoms with Crippen molar-refractivity contribution in [2.45, 2.75) is 6.54 Å². The van der Waals surface area contributed by atoms with Crippen LogP contribution in [0.5, 0.6) is 5.75 Å². The van der Waals surface area contributed by atoms with Crippen LogP contribution in [0.25, 0.3) is 0 Å². The number of primary amides is 1. The Labute approximate surface area is 137 Å². The minimum absolute atomic E-state index is 0.106. The first-order chi connectivity index (χ1) is 11.0. The summed E-state index contributed by atoms with van der Waals surface area (Å²) in [6, 6.07) is 7.73. The minimum atomic E-state index is -0.479. The van der Waals surface area contributed by atoms with Gasteiger partial charge < -0.3 is 20.5 Å². The molecular weight excluding hydrogens is 294 g/mol.